The van der Waals surface area contributed by atoms with Crippen LogP contribution in [-0.2, 0) is 11.3 Å². The summed E-state index contributed by atoms with van der Waals surface area (Å²) in [7, 11) is 0. The lowest BCUT2D eigenvalue weighted by Gasteiger charge is -2.20. The molecule has 0 aliphatic heterocycles. The zero-order chi connectivity index (χ0) is 20.8. The number of aromatic nitrogens is 1. The standard InChI is InChI=1S/C24H21FN2OS2/c25-19-13-14-21-22(16-19)30-24(26-21)27(17-18-8-3-1-4-9-18)23(28)12-7-15-29-20-10-5-2-6-11-20/h1-6,8-11,13-14,16H,7,12,15,17H2. The van der Waals surface area contributed by atoms with Gasteiger partial charge in [-0.15, -0.1) is 11.8 Å². The van der Waals surface area contributed by atoms with Gasteiger partial charge in [-0.1, -0.05) is 59.9 Å². The fraction of sp³-hybridized carbons (Fsp3) is 0.167. The molecule has 0 N–H and O–H groups in total. The van der Waals surface area contributed by atoms with Crippen LogP contribution in [-0.4, -0.2) is 16.6 Å². The van der Waals surface area contributed by atoms with Gasteiger partial charge in [0, 0.05) is 11.3 Å². The maximum atomic E-state index is 13.6. The summed E-state index contributed by atoms with van der Waals surface area (Å²) in [5.74, 6) is 0.614. The first-order chi connectivity index (χ1) is 14.7. The molecule has 0 radical (unpaired) electrons. The fourth-order valence-corrected chi connectivity index (χ4v) is 4.98. The summed E-state index contributed by atoms with van der Waals surface area (Å²) in [4.78, 5) is 20.6. The molecule has 0 atom stereocenters. The molecule has 3 nitrogen and oxygen atoms in total. The van der Waals surface area contributed by atoms with Gasteiger partial charge in [-0.25, -0.2) is 9.37 Å². The lowest BCUT2D eigenvalue weighted by molar-refractivity contribution is -0.118. The third-order valence-electron chi connectivity index (χ3n) is 4.60. The summed E-state index contributed by atoms with van der Waals surface area (Å²) in [5.41, 5.74) is 1.75. The number of nitrogens with zero attached hydrogens (tertiary/aromatic N) is 2. The number of hydrogen-bond donors (Lipinski definition) is 0. The van der Waals surface area contributed by atoms with E-state index < -0.39 is 0 Å². The first-order valence-electron chi connectivity index (χ1n) is 9.77. The van der Waals surface area contributed by atoms with Crippen LogP contribution in [0.3, 0.4) is 0 Å². The second kappa shape index (κ2) is 9.87. The van der Waals surface area contributed by atoms with Crippen molar-refractivity contribution < 1.29 is 9.18 Å². The zero-order valence-electron chi connectivity index (χ0n) is 16.3. The Hall–Kier alpha value is -2.70. The second-order valence-corrected chi connectivity index (χ2v) is 9.02. The molecule has 0 bridgehead atoms. The van der Waals surface area contributed by atoms with Crippen molar-refractivity contribution in [3.63, 3.8) is 0 Å². The van der Waals surface area contributed by atoms with E-state index in [0.29, 0.717) is 23.6 Å². The number of rotatable bonds is 8. The molecule has 1 amide bonds. The summed E-state index contributed by atoms with van der Waals surface area (Å²) in [5, 5.41) is 0.611. The van der Waals surface area contributed by atoms with Gasteiger partial charge in [-0.2, -0.15) is 0 Å². The van der Waals surface area contributed by atoms with E-state index in [1.807, 2.05) is 48.5 Å². The van der Waals surface area contributed by atoms with Crippen molar-refractivity contribution in [1.82, 2.24) is 4.98 Å². The molecular formula is C24H21FN2OS2. The molecule has 0 aliphatic rings. The fourth-order valence-electron chi connectivity index (χ4n) is 3.10. The number of carbonyl (C=O) groups is 1. The van der Waals surface area contributed by atoms with E-state index in [0.717, 1.165) is 22.4 Å². The zero-order valence-corrected chi connectivity index (χ0v) is 18.0. The Balaban J connectivity index is 1.48. The van der Waals surface area contributed by atoms with Gasteiger partial charge in [-0.05, 0) is 48.1 Å². The van der Waals surface area contributed by atoms with E-state index in [1.54, 1.807) is 22.7 Å². The molecule has 4 aromatic rings. The number of thioether (sulfide) groups is 1. The summed E-state index contributed by atoms with van der Waals surface area (Å²) in [6, 6.07) is 24.6. The lowest BCUT2D eigenvalue weighted by Crippen LogP contribution is -2.30. The van der Waals surface area contributed by atoms with Crippen molar-refractivity contribution in [1.29, 1.82) is 0 Å². The average molecular weight is 437 g/mol. The largest absolute Gasteiger partial charge is 0.284 e. The SMILES string of the molecule is O=C(CCCSc1ccccc1)N(Cc1ccccc1)c1nc2ccc(F)cc2s1. The van der Waals surface area contributed by atoms with Crippen LogP contribution in [0.2, 0.25) is 0 Å². The van der Waals surface area contributed by atoms with Crippen molar-refractivity contribution >= 4 is 44.4 Å². The molecular weight excluding hydrogens is 415 g/mol. The first kappa shape index (κ1) is 20.6. The van der Waals surface area contributed by atoms with Crippen LogP contribution in [0.5, 0.6) is 0 Å². The van der Waals surface area contributed by atoms with Crippen molar-refractivity contribution in [2.75, 3.05) is 10.7 Å². The minimum Gasteiger partial charge on any atom is -0.284 e. The summed E-state index contributed by atoms with van der Waals surface area (Å²) in [6.07, 6.45) is 1.22. The van der Waals surface area contributed by atoms with Crippen LogP contribution in [0.4, 0.5) is 9.52 Å². The van der Waals surface area contributed by atoms with Gasteiger partial charge >= 0.3 is 0 Å². The Bertz CT molecular complexity index is 1120. The Labute approximate surface area is 183 Å². The first-order valence-corrected chi connectivity index (χ1v) is 11.6. The smallest absolute Gasteiger partial charge is 0.229 e. The maximum absolute atomic E-state index is 13.6. The van der Waals surface area contributed by atoms with Gasteiger partial charge in [0.15, 0.2) is 5.13 Å². The third kappa shape index (κ3) is 5.26. The number of thiazole rings is 1. The number of anilines is 1. The average Bonchev–Trinajstić information content (AvgIpc) is 3.19. The molecule has 0 saturated heterocycles. The van der Waals surface area contributed by atoms with E-state index in [-0.39, 0.29) is 11.7 Å². The van der Waals surface area contributed by atoms with Gasteiger partial charge in [0.1, 0.15) is 5.82 Å². The van der Waals surface area contributed by atoms with E-state index in [9.17, 15) is 9.18 Å². The van der Waals surface area contributed by atoms with E-state index in [2.05, 4.69) is 17.1 Å². The number of benzene rings is 3. The Morgan fingerprint density at radius 1 is 1.00 bits per heavy atom. The predicted molar refractivity (Wildman–Crippen MR) is 124 cm³/mol. The molecule has 0 spiro atoms. The van der Waals surface area contributed by atoms with Crippen molar-refractivity contribution in [2.45, 2.75) is 24.3 Å². The normalized spacial score (nSPS) is 11.0. The molecule has 0 fully saturated rings. The second-order valence-electron chi connectivity index (χ2n) is 6.84. The monoisotopic (exact) mass is 436 g/mol. The molecule has 152 valence electrons. The lowest BCUT2D eigenvalue weighted by atomic mass is 10.2. The minimum atomic E-state index is -0.295. The molecule has 6 heteroatoms. The molecule has 0 aliphatic carbocycles. The van der Waals surface area contributed by atoms with Gasteiger partial charge in [-0.3, -0.25) is 9.69 Å². The van der Waals surface area contributed by atoms with Gasteiger partial charge in [0.25, 0.3) is 0 Å². The highest BCUT2D eigenvalue weighted by atomic mass is 32.2. The molecule has 1 aromatic heterocycles. The Morgan fingerprint density at radius 2 is 1.73 bits per heavy atom. The molecule has 30 heavy (non-hydrogen) atoms. The number of amides is 1. The number of carbonyl (C=O) groups excluding carboxylic acids is 1. The van der Waals surface area contributed by atoms with E-state index in [4.69, 9.17) is 0 Å². The van der Waals surface area contributed by atoms with E-state index in [1.165, 1.54) is 28.4 Å². The summed E-state index contributed by atoms with van der Waals surface area (Å²) < 4.78 is 14.3. The highest BCUT2D eigenvalue weighted by Crippen LogP contribution is 2.31. The van der Waals surface area contributed by atoms with Gasteiger partial charge < -0.3 is 0 Å². The Morgan fingerprint density at radius 3 is 2.50 bits per heavy atom. The van der Waals surface area contributed by atoms with Crippen LogP contribution < -0.4 is 4.90 Å². The third-order valence-corrected chi connectivity index (χ3v) is 6.74. The summed E-state index contributed by atoms with van der Waals surface area (Å²) >= 11 is 3.11. The maximum Gasteiger partial charge on any atom is 0.229 e. The highest BCUT2D eigenvalue weighted by Gasteiger charge is 2.20. The van der Waals surface area contributed by atoms with Crippen LogP contribution >= 0.6 is 23.1 Å². The van der Waals surface area contributed by atoms with Crippen LogP contribution in [0.15, 0.2) is 83.8 Å². The van der Waals surface area contributed by atoms with Crippen molar-refractivity contribution in [2.24, 2.45) is 0 Å². The molecule has 3 aromatic carbocycles. The minimum absolute atomic E-state index is 0.0343. The van der Waals surface area contributed by atoms with Crippen molar-refractivity contribution in [3.05, 3.63) is 90.2 Å². The van der Waals surface area contributed by atoms with Crippen LogP contribution in [0, 0.1) is 5.82 Å². The number of halogens is 1. The van der Waals surface area contributed by atoms with Crippen LogP contribution in [0.25, 0.3) is 10.2 Å². The Kier molecular flexibility index (Phi) is 6.77. The van der Waals surface area contributed by atoms with E-state index >= 15 is 0 Å². The van der Waals surface area contributed by atoms with Gasteiger partial charge in [0.2, 0.25) is 5.91 Å². The van der Waals surface area contributed by atoms with Gasteiger partial charge in [0.05, 0.1) is 16.8 Å². The quantitative estimate of drug-likeness (QED) is 0.232. The highest BCUT2D eigenvalue weighted by molar-refractivity contribution is 7.99. The molecule has 0 unspecified atom stereocenters. The summed E-state index contributed by atoms with van der Waals surface area (Å²) in [6.45, 7) is 0.452. The topological polar surface area (TPSA) is 33.2 Å². The number of hydrogen-bond acceptors (Lipinski definition) is 4. The van der Waals surface area contributed by atoms with Crippen molar-refractivity contribution in [3.8, 4) is 0 Å². The molecule has 0 saturated carbocycles. The van der Waals surface area contributed by atoms with Crippen LogP contribution in [0.1, 0.15) is 18.4 Å². The molecule has 1 heterocycles. The molecule has 4 rings (SSSR count). The predicted octanol–water partition coefficient (Wildman–Crippen LogP) is 6.54. The number of fused-ring (bicyclic) bond motifs is 1.